The van der Waals surface area contributed by atoms with E-state index in [4.69, 9.17) is 16.7 Å². The highest BCUT2D eigenvalue weighted by molar-refractivity contribution is 6.23. The van der Waals surface area contributed by atoms with Crippen molar-refractivity contribution in [3.05, 3.63) is 0 Å². The van der Waals surface area contributed by atoms with Gasteiger partial charge in [0.2, 0.25) is 0 Å². The Morgan fingerprint density at radius 2 is 2.17 bits per heavy atom. The van der Waals surface area contributed by atoms with Gasteiger partial charge in [0, 0.05) is 6.42 Å². The van der Waals surface area contributed by atoms with Gasteiger partial charge >= 0.3 is 6.16 Å². The Morgan fingerprint density at radius 3 is 2.50 bits per heavy atom. The average Bonchev–Trinajstić information content (AvgIpc) is 1.81. The molecule has 0 amide bonds. The maximum absolute atomic E-state index is 10.2. The van der Waals surface area contributed by atoms with Crippen LogP contribution in [0.3, 0.4) is 0 Å². The van der Waals surface area contributed by atoms with E-state index < -0.39 is 11.2 Å². The molecule has 0 aliphatic carbocycles. The lowest BCUT2D eigenvalue weighted by molar-refractivity contribution is 0.0327. The summed E-state index contributed by atoms with van der Waals surface area (Å²) in [5, 5.41) is 7.23. The zero-order valence-electron chi connectivity index (χ0n) is 7.63. The van der Waals surface area contributed by atoms with Gasteiger partial charge in [0.1, 0.15) is 0 Å². The second-order valence-corrected chi connectivity index (χ2v) is 4.20. The zero-order valence-corrected chi connectivity index (χ0v) is 8.39. The third-order valence-corrected chi connectivity index (χ3v) is 1.73. The van der Waals surface area contributed by atoms with Crippen LogP contribution in [0.1, 0.15) is 33.6 Å². The van der Waals surface area contributed by atoms with Crippen molar-refractivity contribution in [3.63, 3.8) is 0 Å². The van der Waals surface area contributed by atoms with Crippen LogP contribution in [0.25, 0.3) is 0 Å². The van der Waals surface area contributed by atoms with Crippen LogP contribution in [0.5, 0.6) is 0 Å². The summed E-state index contributed by atoms with van der Waals surface area (Å²) in [5.74, 6) is 0.500. The molecule has 0 rings (SSSR count). The highest BCUT2D eigenvalue weighted by Gasteiger charge is 2.25. The summed E-state index contributed by atoms with van der Waals surface area (Å²) in [6, 6.07) is 0. The Balaban J connectivity index is 3.78. The molecule has 0 aromatic heterocycles. The molecule has 4 heteroatoms. The minimum absolute atomic E-state index is 0.500. The summed E-state index contributed by atoms with van der Waals surface area (Å²) >= 11 is 5.77. The normalized spacial score (nSPS) is 15.8. The fourth-order valence-electron chi connectivity index (χ4n) is 0.780. The monoisotopic (exact) mass is 194 g/mol. The van der Waals surface area contributed by atoms with Gasteiger partial charge in [-0.2, -0.15) is 0 Å². The number of hydrogen-bond acceptors (Lipinski definition) is 2. The second-order valence-electron chi connectivity index (χ2n) is 3.40. The van der Waals surface area contributed by atoms with Crippen LogP contribution in [0, 0.1) is 5.92 Å². The molecular formula is C8H15ClO3. The number of ether oxygens (including phenoxy) is 1. The molecule has 0 heterocycles. The van der Waals surface area contributed by atoms with Crippen LogP contribution in [0.4, 0.5) is 4.79 Å². The second kappa shape index (κ2) is 4.55. The van der Waals surface area contributed by atoms with E-state index in [1.165, 1.54) is 0 Å². The lowest BCUT2D eigenvalue weighted by Gasteiger charge is -2.21. The first-order valence-electron chi connectivity index (χ1n) is 3.94. The average molecular weight is 195 g/mol. The summed E-state index contributed by atoms with van der Waals surface area (Å²) < 4.78 is 4.47. The van der Waals surface area contributed by atoms with Crippen molar-refractivity contribution in [2.45, 2.75) is 38.7 Å². The first-order chi connectivity index (χ1) is 5.33. The highest BCUT2D eigenvalue weighted by atomic mass is 35.5. The minimum atomic E-state index is -1.32. The Morgan fingerprint density at radius 1 is 1.67 bits per heavy atom. The molecular weight excluding hydrogens is 180 g/mol. The number of hydrogen-bond donors (Lipinski definition) is 1. The standard InChI is InChI=1S/C8H15ClO3/c1-6(2)4-5-8(3,9)12-7(10)11/h6H,4-5H2,1-3H3,(H,10,11). The molecule has 0 aromatic rings. The summed E-state index contributed by atoms with van der Waals surface area (Å²) in [6.45, 7) is 5.66. The van der Waals surface area contributed by atoms with Crippen LogP contribution in [-0.4, -0.2) is 16.3 Å². The van der Waals surface area contributed by atoms with Crippen molar-refractivity contribution < 1.29 is 14.6 Å². The summed E-state index contributed by atoms with van der Waals surface area (Å²) in [6.07, 6.45) is 0.0717. The van der Waals surface area contributed by atoms with E-state index in [9.17, 15) is 4.79 Å². The number of carbonyl (C=O) groups is 1. The van der Waals surface area contributed by atoms with Crippen LogP contribution in [-0.2, 0) is 4.74 Å². The van der Waals surface area contributed by atoms with Gasteiger partial charge in [-0.15, -0.1) is 0 Å². The Labute approximate surface area is 77.7 Å². The summed E-state index contributed by atoms with van der Waals surface area (Å²) in [7, 11) is 0. The lowest BCUT2D eigenvalue weighted by Crippen LogP contribution is -2.24. The predicted molar refractivity (Wildman–Crippen MR) is 47.4 cm³/mol. The summed E-state index contributed by atoms with van der Waals surface area (Å²) in [4.78, 5) is 10.2. The van der Waals surface area contributed by atoms with E-state index in [0.717, 1.165) is 6.42 Å². The number of halogens is 1. The largest absolute Gasteiger partial charge is 0.507 e. The molecule has 1 N–H and O–H groups in total. The third kappa shape index (κ3) is 6.28. The van der Waals surface area contributed by atoms with Crippen molar-refractivity contribution in [1.29, 1.82) is 0 Å². The van der Waals surface area contributed by atoms with Crippen molar-refractivity contribution in [2.75, 3.05) is 0 Å². The van der Waals surface area contributed by atoms with Gasteiger partial charge in [0.25, 0.3) is 0 Å². The Hall–Kier alpha value is -0.440. The molecule has 0 aliphatic rings. The van der Waals surface area contributed by atoms with E-state index >= 15 is 0 Å². The van der Waals surface area contributed by atoms with Crippen LogP contribution in [0.2, 0.25) is 0 Å². The van der Waals surface area contributed by atoms with E-state index in [1.807, 2.05) is 13.8 Å². The van der Waals surface area contributed by atoms with Crippen LogP contribution < -0.4 is 0 Å². The van der Waals surface area contributed by atoms with Crippen molar-refractivity contribution in [3.8, 4) is 0 Å². The zero-order chi connectivity index (χ0) is 9.78. The Bertz CT molecular complexity index is 154. The SMILES string of the molecule is CC(C)CCC(C)(Cl)OC(=O)O. The molecule has 0 saturated heterocycles. The minimum Gasteiger partial charge on any atom is -0.450 e. The molecule has 0 saturated carbocycles. The molecule has 0 radical (unpaired) electrons. The van der Waals surface area contributed by atoms with Gasteiger partial charge in [-0.3, -0.25) is 0 Å². The molecule has 0 spiro atoms. The topological polar surface area (TPSA) is 46.5 Å². The predicted octanol–water partition coefficient (Wildman–Crippen LogP) is 3.07. The van der Waals surface area contributed by atoms with Crippen molar-refractivity contribution >= 4 is 17.8 Å². The van der Waals surface area contributed by atoms with Gasteiger partial charge in [-0.25, -0.2) is 4.79 Å². The van der Waals surface area contributed by atoms with Crippen LogP contribution >= 0.6 is 11.6 Å². The Kier molecular flexibility index (Phi) is 4.39. The fourth-order valence-corrected chi connectivity index (χ4v) is 0.955. The van der Waals surface area contributed by atoms with Crippen LogP contribution in [0.15, 0.2) is 0 Å². The van der Waals surface area contributed by atoms with E-state index in [2.05, 4.69) is 4.74 Å². The van der Waals surface area contributed by atoms with Crippen molar-refractivity contribution in [2.24, 2.45) is 5.92 Å². The lowest BCUT2D eigenvalue weighted by atomic mass is 10.1. The summed E-state index contributed by atoms with van der Waals surface area (Å²) in [5.41, 5.74) is 0. The first-order valence-corrected chi connectivity index (χ1v) is 4.32. The van der Waals surface area contributed by atoms with E-state index in [-0.39, 0.29) is 0 Å². The van der Waals surface area contributed by atoms with E-state index in [1.54, 1.807) is 6.92 Å². The quantitative estimate of drug-likeness (QED) is 0.553. The molecule has 0 aromatic carbocycles. The molecule has 0 fully saturated rings. The molecule has 1 unspecified atom stereocenters. The molecule has 0 bridgehead atoms. The number of carboxylic acid groups (broad SMARTS) is 1. The molecule has 3 nitrogen and oxygen atoms in total. The van der Waals surface area contributed by atoms with Gasteiger partial charge in [0.15, 0.2) is 5.06 Å². The highest BCUT2D eigenvalue weighted by Crippen LogP contribution is 2.24. The van der Waals surface area contributed by atoms with Gasteiger partial charge < -0.3 is 9.84 Å². The first kappa shape index (κ1) is 11.6. The smallest absolute Gasteiger partial charge is 0.450 e. The molecule has 1 atom stereocenters. The van der Waals surface area contributed by atoms with Crippen molar-refractivity contribution in [1.82, 2.24) is 0 Å². The molecule has 72 valence electrons. The third-order valence-electron chi connectivity index (χ3n) is 1.47. The maximum atomic E-state index is 10.2. The van der Waals surface area contributed by atoms with Gasteiger partial charge in [-0.1, -0.05) is 25.4 Å². The maximum Gasteiger partial charge on any atom is 0.507 e. The fraction of sp³-hybridized carbons (Fsp3) is 0.875. The number of alkyl halides is 1. The van der Waals surface area contributed by atoms with Gasteiger partial charge in [0.05, 0.1) is 0 Å². The van der Waals surface area contributed by atoms with Gasteiger partial charge in [-0.05, 0) is 19.3 Å². The number of rotatable bonds is 4. The van der Waals surface area contributed by atoms with E-state index in [0.29, 0.717) is 12.3 Å². The molecule has 12 heavy (non-hydrogen) atoms. The molecule has 0 aliphatic heterocycles.